The van der Waals surface area contributed by atoms with Crippen LogP contribution in [0.1, 0.15) is 9.75 Å². The lowest BCUT2D eigenvalue weighted by Crippen LogP contribution is -2.01. The Morgan fingerprint density at radius 1 is 1.50 bits per heavy atom. The number of hydrogen-bond acceptors (Lipinski definition) is 4. The summed E-state index contributed by atoms with van der Waals surface area (Å²) < 4.78 is 0.890. The zero-order valence-electron chi connectivity index (χ0n) is 8.83. The average molecular weight is 298 g/mol. The molecule has 2 aromatic heterocycles. The molecule has 0 saturated carbocycles. The molecule has 0 aromatic carbocycles. The van der Waals surface area contributed by atoms with Crippen LogP contribution < -0.4 is 11.1 Å². The van der Waals surface area contributed by atoms with E-state index in [0.29, 0.717) is 5.69 Å². The maximum Gasteiger partial charge on any atom is 0.140 e. The topological polar surface area (TPSA) is 50.9 Å². The summed E-state index contributed by atoms with van der Waals surface area (Å²) in [4.78, 5) is 6.84. The lowest BCUT2D eigenvalue weighted by molar-refractivity contribution is 1.13. The number of nitrogens with one attached hydrogen (secondary N) is 1. The quantitative estimate of drug-likeness (QED) is 0.913. The lowest BCUT2D eigenvalue weighted by Gasteiger charge is -2.06. The molecule has 0 aliphatic heterocycles. The predicted molar refractivity (Wildman–Crippen MR) is 72.7 cm³/mol. The molecule has 2 rings (SSSR count). The van der Waals surface area contributed by atoms with Crippen LogP contribution in [0.15, 0.2) is 28.9 Å². The van der Waals surface area contributed by atoms with Crippen molar-refractivity contribution in [2.75, 3.05) is 11.1 Å². The molecule has 0 unspecified atom stereocenters. The van der Waals surface area contributed by atoms with Crippen molar-refractivity contribution < 1.29 is 0 Å². The summed E-state index contributed by atoms with van der Waals surface area (Å²) in [6.07, 6.45) is 1.65. The molecule has 0 bridgehead atoms. The van der Waals surface area contributed by atoms with E-state index in [4.69, 9.17) is 5.73 Å². The highest BCUT2D eigenvalue weighted by molar-refractivity contribution is 9.10. The summed E-state index contributed by atoms with van der Waals surface area (Å²) in [5, 5.41) is 3.27. The van der Waals surface area contributed by atoms with Crippen LogP contribution in [0.4, 0.5) is 11.5 Å². The van der Waals surface area contributed by atoms with Gasteiger partial charge in [-0.1, -0.05) is 0 Å². The monoisotopic (exact) mass is 297 g/mol. The summed E-state index contributed by atoms with van der Waals surface area (Å²) in [6.45, 7) is 2.89. The minimum Gasteiger partial charge on any atom is -0.397 e. The first-order valence-electron chi connectivity index (χ1n) is 4.85. The Kier molecular flexibility index (Phi) is 3.46. The van der Waals surface area contributed by atoms with Crippen molar-refractivity contribution in [2.45, 2.75) is 13.5 Å². The number of nitrogens with zero attached hydrogens (tertiary/aromatic N) is 1. The number of anilines is 2. The Morgan fingerprint density at radius 2 is 2.31 bits per heavy atom. The van der Waals surface area contributed by atoms with E-state index in [-0.39, 0.29) is 0 Å². The number of rotatable bonds is 3. The normalized spacial score (nSPS) is 10.4. The van der Waals surface area contributed by atoms with Gasteiger partial charge in [-0.25, -0.2) is 4.98 Å². The largest absolute Gasteiger partial charge is 0.397 e. The molecule has 0 atom stereocenters. The first kappa shape index (κ1) is 11.4. The van der Waals surface area contributed by atoms with Gasteiger partial charge >= 0.3 is 0 Å². The second-order valence-electron chi connectivity index (χ2n) is 3.46. The third-order valence-electron chi connectivity index (χ3n) is 2.09. The van der Waals surface area contributed by atoms with E-state index in [0.717, 1.165) is 16.8 Å². The van der Waals surface area contributed by atoms with Crippen molar-refractivity contribution in [3.05, 3.63) is 38.6 Å². The fourth-order valence-electron chi connectivity index (χ4n) is 1.33. The molecule has 2 heterocycles. The fourth-order valence-corrected chi connectivity index (χ4v) is 2.67. The summed E-state index contributed by atoms with van der Waals surface area (Å²) in [7, 11) is 0. The Hall–Kier alpha value is -1.07. The molecule has 0 aliphatic carbocycles. The average Bonchev–Trinajstić information content (AvgIpc) is 2.63. The number of thiophene rings is 1. The molecule has 2 aromatic rings. The van der Waals surface area contributed by atoms with Gasteiger partial charge in [-0.05, 0) is 41.1 Å². The fraction of sp³-hybridized carbons (Fsp3) is 0.182. The third kappa shape index (κ3) is 2.74. The van der Waals surface area contributed by atoms with Crippen molar-refractivity contribution in [1.29, 1.82) is 0 Å². The van der Waals surface area contributed by atoms with E-state index < -0.39 is 0 Å². The molecular weight excluding hydrogens is 286 g/mol. The maximum absolute atomic E-state index is 5.62. The molecule has 0 amide bonds. The maximum atomic E-state index is 5.62. The summed E-state index contributed by atoms with van der Waals surface area (Å²) in [5.41, 5.74) is 6.28. The van der Waals surface area contributed by atoms with Gasteiger partial charge < -0.3 is 11.1 Å². The van der Waals surface area contributed by atoms with Gasteiger partial charge in [-0.3, -0.25) is 0 Å². The number of aryl methyl sites for hydroxylation is 1. The number of pyridine rings is 1. The Bertz CT molecular complexity index is 496. The van der Waals surface area contributed by atoms with Gasteiger partial charge in [0.05, 0.1) is 22.9 Å². The number of halogens is 1. The zero-order chi connectivity index (χ0) is 11.5. The first-order chi connectivity index (χ1) is 7.65. The molecule has 0 aliphatic rings. The minimum atomic E-state index is 0.657. The van der Waals surface area contributed by atoms with Gasteiger partial charge in [0.2, 0.25) is 0 Å². The number of nitrogens with two attached hydrogens (primary N) is 1. The number of hydrogen-bond donors (Lipinski definition) is 2. The van der Waals surface area contributed by atoms with Crippen LogP contribution in [-0.2, 0) is 6.54 Å². The molecular formula is C11H12BrN3S. The molecule has 0 radical (unpaired) electrons. The molecule has 5 heteroatoms. The Balaban J connectivity index is 2.04. The van der Waals surface area contributed by atoms with E-state index in [1.54, 1.807) is 17.5 Å². The van der Waals surface area contributed by atoms with Gasteiger partial charge in [-0.15, -0.1) is 11.3 Å². The second kappa shape index (κ2) is 4.84. The van der Waals surface area contributed by atoms with Crippen LogP contribution >= 0.6 is 27.3 Å². The van der Waals surface area contributed by atoms with E-state index in [1.165, 1.54) is 9.75 Å². The van der Waals surface area contributed by atoms with Gasteiger partial charge in [0.1, 0.15) is 5.82 Å². The minimum absolute atomic E-state index is 0.657. The summed E-state index contributed by atoms with van der Waals surface area (Å²) in [5.74, 6) is 0.820. The standard InChI is InChI=1S/C11H12BrN3S/c1-7-2-3-9(16-7)6-15-11-10(12)4-8(13)5-14-11/h2-5H,6,13H2,1H3,(H,14,15). The van der Waals surface area contributed by atoms with E-state index in [2.05, 4.69) is 45.3 Å². The van der Waals surface area contributed by atoms with Crippen molar-refractivity contribution in [3.63, 3.8) is 0 Å². The Morgan fingerprint density at radius 3 is 2.94 bits per heavy atom. The van der Waals surface area contributed by atoms with Crippen LogP contribution in [0, 0.1) is 6.92 Å². The third-order valence-corrected chi connectivity index (χ3v) is 3.69. The van der Waals surface area contributed by atoms with Crippen LogP contribution in [0.25, 0.3) is 0 Å². The highest BCUT2D eigenvalue weighted by Gasteiger charge is 2.02. The smallest absolute Gasteiger partial charge is 0.140 e. The van der Waals surface area contributed by atoms with Crippen molar-refractivity contribution in [2.24, 2.45) is 0 Å². The zero-order valence-corrected chi connectivity index (χ0v) is 11.2. The second-order valence-corrected chi connectivity index (χ2v) is 5.69. The number of nitrogen functional groups attached to an aromatic ring is 1. The Labute approximate surface area is 107 Å². The number of aromatic nitrogens is 1. The van der Waals surface area contributed by atoms with E-state index >= 15 is 0 Å². The molecule has 0 spiro atoms. The van der Waals surface area contributed by atoms with Crippen LogP contribution in [0.5, 0.6) is 0 Å². The summed E-state index contributed by atoms with van der Waals surface area (Å²) >= 11 is 5.21. The van der Waals surface area contributed by atoms with Crippen molar-refractivity contribution in [3.8, 4) is 0 Å². The van der Waals surface area contributed by atoms with Crippen molar-refractivity contribution in [1.82, 2.24) is 4.98 Å². The predicted octanol–water partition coefficient (Wildman–Crippen LogP) is 3.41. The van der Waals surface area contributed by atoms with Gasteiger partial charge in [0.25, 0.3) is 0 Å². The van der Waals surface area contributed by atoms with Crippen LogP contribution in [0.3, 0.4) is 0 Å². The van der Waals surface area contributed by atoms with Crippen LogP contribution in [-0.4, -0.2) is 4.98 Å². The van der Waals surface area contributed by atoms with Gasteiger partial charge in [0, 0.05) is 9.75 Å². The highest BCUT2D eigenvalue weighted by Crippen LogP contribution is 2.23. The molecule has 16 heavy (non-hydrogen) atoms. The summed E-state index contributed by atoms with van der Waals surface area (Å²) in [6, 6.07) is 6.08. The van der Waals surface area contributed by atoms with E-state index in [9.17, 15) is 0 Å². The van der Waals surface area contributed by atoms with Gasteiger partial charge in [-0.2, -0.15) is 0 Å². The first-order valence-corrected chi connectivity index (χ1v) is 6.46. The molecule has 0 saturated heterocycles. The van der Waals surface area contributed by atoms with E-state index in [1.807, 2.05) is 6.07 Å². The SMILES string of the molecule is Cc1ccc(CNc2ncc(N)cc2Br)s1. The molecule has 3 N–H and O–H groups in total. The van der Waals surface area contributed by atoms with Crippen LogP contribution in [0.2, 0.25) is 0 Å². The van der Waals surface area contributed by atoms with Crippen molar-refractivity contribution >= 4 is 38.8 Å². The highest BCUT2D eigenvalue weighted by atomic mass is 79.9. The molecule has 0 fully saturated rings. The molecule has 3 nitrogen and oxygen atoms in total. The van der Waals surface area contributed by atoms with Gasteiger partial charge in [0.15, 0.2) is 0 Å². The molecule has 84 valence electrons. The lowest BCUT2D eigenvalue weighted by atomic mass is 10.4.